The maximum atomic E-state index is 5.42. The summed E-state index contributed by atoms with van der Waals surface area (Å²) in [6, 6.07) is 3.82. The lowest BCUT2D eigenvalue weighted by molar-refractivity contribution is 0.612. The second-order valence-corrected chi connectivity index (χ2v) is 4.22. The van der Waals surface area contributed by atoms with Crippen molar-refractivity contribution >= 4 is 21.7 Å². The highest BCUT2D eigenvalue weighted by atomic mass is 79.9. The van der Waals surface area contributed by atoms with E-state index >= 15 is 0 Å². The predicted octanol–water partition coefficient (Wildman–Crippen LogP) is 2.91. The molecule has 1 aromatic heterocycles. The topological polar surface area (TPSA) is 24.9 Å². The standard InChI is InChI=1S/C11H13BrN2/c1-4-10(8(2)3)14-11-9(12)6-5-7-13-11/h1,5-8,10H,2-3H3,(H,13,14). The summed E-state index contributed by atoms with van der Waals surface area (Å²) in [6.45, 7) is 4.16. The molecule has 1 aromatic rings. The van der Waals surface area contributed by atoms with Crippen LogP contribution in [-0.2, 0) is 0 Å². The number of pyridine rings is 1. The molecule has 0 aliphatic rings. The lowest BCUT2D eigenvalue weighted by Gasteiger charge is -2.17. The van der Waals surface area contributed by atoms with E-state index in [-0.39, 0.29) is 6.04 Å². The van der Waals surface area contributed by atoms with Gasteiger partial charge < -0.3 is 5.32 Å². The van der Waals surface area contributed by atoms with Crippen molar-refractivity contribution in [1.82, 2.24) is 4.98 Å². The minimum absolute atomic E-state index is 0.0150. The van der Waals surface area contributed by atoms with Crippen LogP contribution in [0.5, 0.6) is 0 Å². The largest absolute Gasteiger partial charge is 0.355 e. The SMILES string of the molecule is C#CC(Nc1ncccc1Br)C(C)C. The Kier molecular flexibility index (Phi) is 3.97. The summed E-state index contributed by atoms with van der Waals surface area (Å²) in [4.78, 5) is 4.19. The lowest BCUT2D eigenvalue weighted by Crippen LogP contribution is -2.24. The number of halogens is 1. The van der Waals surface area contributed by atoms with Crippen LogP contribution >= 0.6 is 15.9 Å². The van der Waals surface area contributed by atoms with Crippen molar-refractivity contribution in [2.24, 2.45) is 5.92 Å². The molecular formula is C11H13BrN2. The minimum atomic E-state index is 0.0150. The summed E-state index contributed by atoms with van der Waals surface area (Å²) in [5.74, 6) is 3.88. The van der Waals surface area contributed by atoms with Crippen molar-refractivity contribution in [3.05, 3.63) is 22.8 Å². The molecule has 1 atom stereocenters. The molecule has 0 saturated heterocycles. The Bertz CT molecular complexity index is 341. The van der Waals surface area contributed by atoms with E-state index in [1.54, 1.807) is 6.20 Å². The molecule has 0 aliphatic carbocycles. The van der Waals surface area contributed by atoms with Gasteiger partial charge in [0.2, 0.25) is 0 Å². The van der Waals surface area contributed by atoms with Gasteiger partial charge in [0.05, 0.1) is 10.5 Å². The Balaban J connectivity index is 2.78. The van der Waals surface area contributed by atoms with E-state index in [0.717, 1.165) is 10.3 Å². The average Bonchev–Trinajstić information content (AvgIpc) is 2.16. The first-order chi connectivity index (χ1) is 6.65. The molecule has 0 aromatic carbocycles. The molecular weight excluding hydrogens is 240 g/mol. The monoisotopic (exact) mass is 252 g/mol. The summed E-state index contributed by atoms with van der Waals surface area (Å²) in [5, 5.41) is 3.20. The third-order valence-electron chi connectivity index (χ3n) is 1.90. The van der Waals surface area contributed by atoms with Gasteiger partial charge in [0, 0.05) is 6.20 Å². The van der Waals surface area contributed by atoms with E-state index in [1.807, 2.05) is 12.1 Å². The van der Waals surface area contributed by atoms with Gasteiger partial charge in [-0.1, -0.05) is 19.8 Å². The fourth-order valence-electron chi connectivity index (χ4n) is 1.04. The maximum Gasteiger partial charge on any atom is 0.141 e. The number of hydrogen-bond acceptors (Lipinski definition) is 2. The third-order valence-corrected chi connectivity index (χ3v) is 2.54. The van der Waals surface area contributed by atoms with Gasteiger partial charge in [0.25, 0.3) is 0 Å². The lowest BCUT2D eigenvalue weighted by atomic mass is 10.1. The van der Waals surface area contributed by atoms with E-state index in [4.69, 9.17) is 6.42 Å². The van der Waals surface area contributed by atoms with Crippen LogP contribution in [0, 0.1) is 18.3 Å². The number of hydrogen-bond donors (Lipinski definition) is 1. The van der Waals surface area contributed by atoms with Crippen molar-refractivity contribution in [2.45, 2.75) is 19.9 Å². The number of nitrogens with one attached hydrogen (secondary N) is 1. The zero-order chi connectivity index (χ0) is 10.6. The van der Waals surface area contributed by atoms with Crippen molar-refractivity contribution < 1.29 is 0 Å². The van der Waals surface area contributed by atoms with Crippen LogP contribution in [-0.4, -0.2) is 11.0 Å². The Morgan fingerprint density at radius 3 is 2.79 bits per heavy atom. The molecule has 1 rings (SSSR count). The van der Waals surface area contributed by atoms with Crippen LogP contribution in [0.15, 0.2) is 22.8 Å². The molecule has 0 aliphatic heterocycles. The Morgan fingerprint density at radius 2 is 2.29 bits per heavy atom. The zero-order valence-electron chi connectivity index (χ0n) is 8.29. The molecule has 74 valence electrons. The van der Waals surface area contributed by atoms with Crippen LogP contribution in [0.25, 0.3) is 0 Å². The van der Waals surface area contributed by atoms with Crippen molar-refractivity contribution in [2.75, 3.05) is 5.32 Å². The normalized spacial score (nSPS) is 12.2. The highest BCUT2D eigenvalue weighted by molar-refractivity contribution is 9.10. The van der Waals surface area contributed by atoms with Crippen molar-refractivity contribution in [1.29, 1.82) is 0 Å². The average molecular weight is 253 g/mol. The van der Waals surface area contributed by atoms with Crippen LogP contribution < -0.4 is 5.32 Å². The Hall–Kier alpha value is -1.01. The fourth-order valence-corrected chi connectivity index (χ4v) is 1.41. The molecule has 2 nitrogen and oxygen atoms in total. The van der Waals surface area contributed by atoms with Gasteiger partial charge in [-0.05, 0) is 34.0 Å². The second-order valence-electron chi connectivity index (χ2n) is 3.37. The fraction of sp³-hybridized carbons (Fsp3) is 0.364. The van der Waals surface area contributed by atoms with Crippen LogP contribution in [0.4, 0.5) is 5.82 Å². The summed E-state index contributed by atoms with van der Waals surface area (Å²) in [7, 11) is 0. The quantitative estimate of drug-likeness (QED) is 0.838. The second kappa shape index (κ2) is 5.02. The van der Waals surface area contributed by atoms with E-state index < -0.39 is 0 Å². The third kappa shape index (κ3) is 2.74. The van der Waals surface area contributed by atoms with Crippen molar-refractivity contribution in [3.8, 4) is 12.3 Å². The van der Waals surface area contributed by atoms with E-state index in [9.17, 15) is 0 Å². The summed E-state index contributed by atoms with van der Waals surface area (Å²) in [6.07, 6.45) is 7.15. The molecule has 1 N–H and O–H groups in total. The molecule has 0 saturated carbocycles. The smallest absolute Gasteiger partial charge is 0.141 e. The first kappa shape index (κ1) is 11.1. The Morgan fingerprint density at radius 1 is 1.57 bits per heavy atom. The molecule has 0 spiro atoms. The molecule has 0 amide bonds. The van der Waals surface area contributed by atoms with E-state index in [2.05, 4.69) is 46.0 Å². The molecule has 1 heterocycles. The van der Waals surface area contributed by atoms with Gasteiger partial charge in [-0.3, -0.25) is 0 Å². The Labute approximate surface area is 93.3 Å². The van der Waals surface area contributed by atoms with Gasteiger partial charge in [0.15, 0.2) is 0 Å². The maximum absolute atomic E-state index is 5.42. The van der Waals surface area contributed by atoms with E-state index in [0.29, 0.717) is 5.92 Å². The summed E-state index contributed by atoms with van der Waals surface area (Å²) in [5.41, 5.74) is 0. The first-order valence-electron chi connectivity index (χ1n) is 4.48. The molecule has 0 bridgehead atoms. The summed E-state index contributed by atoms with van der Waals surface area (Å²) < 4.78 is 0.931. The summed E-state index contributed by atoms with van der Waals surface area (Å²) >= 11 is 3.41. The molecule has 14 heavy (non-hydrogen) atoms. The zero-order valence-corrected chi connectivity index (χ0v) is 9.88. The van der Waals surface area contributed by atoms with Crippen LogP contribution in [0.3, 0.4) is 0 Å². The molecule has 0 fully saturated rings. The van der Waals surface area contributed by atoms with Crippen molar-refractivity contribution in [3.63, 3.8) is 0 Å². The van der Waals surface area contributed by atoms with Gasteiger partial charge in [0.1, 0.15) is 5.82 Å². The van der Waals surface area contributed by atoms with Crippen LogP contribution in [0.2, 0.25) is 0 Å². The number of terminal acetylenes is 1. The van der Waals surface area contributed by atoms with Crippen LogP contribution in [0.1, 0.15) is 13.8 Å². The number of anilines is 1. The van der Waals surface area contributed by atoms with Gasteiger partial charge in [-0.25, -0.2) is 4.98 Å². The molecule has 3 heteroatoms. The van der Waals surface area contributed by atoms with Gasteiger partial charge >= 0.3 is 0 Å². The first-order valence-corrected chi connectivity index (χ1v) is 5.27. The highest BCUT2D eigenvalue weighted by Crippen LogP contribution is 2.20. The van der Waals surface area contributed by atoms with Gasteiger partial charge in [-0.2, -0.15) is 0 Å². The molecule has 0 radical (unpaired) electrons. The minimum Gasteiger partial charge on any atom is -0.355 e. The number of aromatic nitrogens is 1. The number of nitrogens with zero attached hydrogens (tertiary/aromatic N) is 1. The predicted molar refractivity (Wildman–Crippen MR) is 63.0 cm³/mol. The van der Waals surface area contributed by atoms with E-state index in [1.165, 1.54) is 0 Å². The number of rotatable bonds is 3. The highest BCUT2D eigenvalue weighted by Gasteiger charge is 2.11. The molecule has 1 unspecified atom stereocenters. The van der Waals surface area contributed by atoms with Gasteiger partial charge in [-0.15, -0.1) is 6.42 Å².